The van der Waals surface area contributed by atoms with Crippen LogP contribution in [0.2, 0.25) is 0 Å². The molecule has 0 saturated heterocycles. The molecular weight excluding hydrogens is 230 g/mol. The predicted molar refractivity (Wildman–Crippen MR) is 62.6 cm³/mol. The number of hydrogen-bond acceptors (Lipinski definition) is 4. The van der Waals surface area contributed by atoms with E-state index >= 15 is 0 Å². The summed E-state index contributed by atoms with van der Waals surface area (Å²) in [7, 11) is 0. The minimum absolute atomic E-state index is 0.222. The van der Waals surface area contributed by atoms with Gasteiger partial charge in [0.2, 0.25) is 0 Å². The van der Waals surface area contributed by atoms with Crippen LogP contribution in [0, 0.1) is 0 Å². The lowest BCUT2D eigenvalue weighted by Gasteiger charge is -2.22. The fourth-order valence-corrected chi connectivity index (χ4v) is 1.35. The van der Waals surface area contributed by atoms with Crippen molar-refractivity contribution < 1.29 is 17.7 Å². The third-order valence-electron chi connectivity index (χ3n) is 1.56. The maximum absolute atomic E-state index is 10.4. The lowest BCUT2D eigenvalue weighted by atomic mass is 10.2. The number of nitrogens with two attached hydrogens (primary N) is 1. The minimum atomic E-state index is -2.35. The topological polar surface area (TPSA) is 81.8 Å². The summed E-state index contributed by atoms with van der Waals surface area (Å²) in [5.74, 6) is 0.739. The van der Waals surface area contributed by atoms with Gasteiger partial charge in [-0.3, -0.25) is 4.55 Å². The molecule has 3 N–H and O–H groups in total. The van der Waals surface area contributed by atoms with Gasteiger partial charge in [-0.25, -0.2) is 0 Å². The van der Waals surface area contributed by atoms with Gasteiger partial charge in [-0.1, -0.05) is 0 Å². The van der Waals surface area contributed by atoms with Gasteiger partial charge < -0.3 is 14.7 Å². The van der Waals surface area contributed by atoms with Crippen molar-refractivity contribution in [1.82, 2.24) is 0 Å². The monoisotopic (exact) mass is 245 g/mol. The molecule has 0 aromatic heterocycles. The van der Waals surface area contributed by atoms with Gasteiger partial charge in [0.1, 0.15) is 17.1 Å². The zero-order chi connectivity index (χ0) is 12.3. The Morgan fingerprint density at radius 1 is 1.38 bits per heavy atom. The van der Waals surface area contributed by atoms with Crippen molar-refractivity contribution in [2.45, 2.75) is 26.4 Å². The second-order valence-corrected chi connectivity index (χ2v) is 4.82. The van der Waals surface area contributed by atoms with Gasteiger partial charge in [0.05, 0.1) is 5.69 Å². The summed E-state index contributed by atoms with van der Waals surface area (Å²) < 4.78 is 29.1. The largest absolute Gasteiger partial charge is 0.486 e. The van der Waals surface area contributed by atoms with Crippen LogP contribution in [0.5, 0.6) is 11.5 Å². The van der Waals surface area contributed by atoms with E-state index in [1.807, 2.05) is 20.8 Å². The first-order valence-corrected chi connectivity index (χ1v) is 5.69. The summed E-state index contributed by atoms with van der Waals surface area (Å²) in [6, 6.07) is 4.56. The third-order valence-corrected chi connectivity index (χ3v) is 1.90. The lowest BCUT2D eigenvalue weighted by Crippen LogP contribution is -2.23. The van der Waals surface area contributed by atoms with Crippen LogP contribution in [0.4, 0.5) is 5.69 Å². The van der Waals surface area contributed by atoms with E-state index in [0.717, 1.165) is 0 Å². The fourth-order valence-electron chi connectivity index (χ4n) is 1.08. The molecule has 0 aliphatic rings. The van der Waals surface area contributed by atoms with Crippen molar-refractivity contribution in [3.8, 4) is 11.5 Å². The number of nitrogen functional groups attached to an aromatic ring is 1. The van der Waals surface area contributed by atoms with Crippen molar-refractivity contribution in [3.63, 3.8) is 0 Å². The summed E-state index contributed by atoms with van der Waals surface area (Å²) in [5.41, 5.74) is 5.73. The van der Waals surface area contributed by atoms with Crippen molar-refractivity contribution in [2.75, 3.05) is 5.73 Å². The van der Waals surface area contributed by atoms with E-state index in [-0.39, 0.29) is 11.4 Å². The highest BCUT2D eigenvalue weighted by Gasteiger charge is 2.14. The highest BCUT2D eigenvalue weighted by atomic mass is 32.2. The highest BCUT2D eigenvalue weighted by Crippen LogP contribution is 2.29. The average molecular weight is 245 g/mol. The Labute approximate surface area is 97.0 Å². The van der Waals surface area contributed by atoms with Crippen LogP contribution in [-0.4, -0.2) is 14.4 Å². The SMILES string of the molecule is CC(C)(C)Oc1ccc(OS(=O)O)cc1N. The van der Waals surface area contributed by atoms with Crippen LogP contribution < -0.4 is 14.7 Å². The Balaban J connectivity index is 2.87. The first kappa shape index (κ1) is 12.8. The summed E-state index contributed by atoms with van der Waals surface area (Å²) in [6.07, 6.45) is 0. The fraction of sp³-hybridized carbons (Fsp3) is 0.400. The van der Waals surface area contributed by atoms with Gasteiger partial charge in [0.25, 0.3) is 0 Å². The maximum Gasteiger partial charge on any atom is 0.357 e. The Morgan fingerprint density at radius 3 is 2.44 bits per heavy atom. The first-order chi connectivity index (χ1) is 7.28. The smallest absolute Gasteiger partial charge is 0.357 e. The molecule has 0 radical (unpaired) electrons. The number of benzene rings is 1. The van der Waals surface area contributed by atoms with Crippen LogP contribution in [0.3, 0.4) is 0 Å². The minimum Gasteiger partial charge on any atom is -0.486 e. The second kappa shape index (κ2) is 4.71. The second-order valence-electron chi connectivity index (χ2n) is 4.21. The third kappa shape index (κ3) is 4.08. The summed E-state index contributed by atoms with van der Waals surface area (Å²) in [4.78, 5) is 0. The van der Waals surface area contributed by atoms with E-state index in [9.17, 15) is 4.21 Å². The molecule has 16 heavy (non-hydrogen) atoms. The molecule has 0 amide bonds. The van der Waals surface area contributed by atoms with Gasteiger partial charge in [-0.15, -0.1) is 0 Å². The molecule has 0 fully saturated rings. The molecule has 5 nitrogen and oxygen atoms in total. The molecule has 1 atom stereocenters. The quantitative estimate of drug-likeness (QED) is 0.628. The molecule has 1 aromatic rings. The van der Waals surface area contributed by atoms with E-state index in [1.54, 1.807) is 6.07 Å². The van der Waals surface area contributed by atoms with Crippen molar-refractivity contribution in [1.29, 1.82) is 0 Å². The average Bonchev–Trinajstić information content (AvgIpc) is 2.06. The van der Waals surface area contributed by atoms with Crippen LogP contribution in [0.1, 0.15) is 20.8 Å². The van der Waals surface area contributed by atoms with Crippen LogP contribution >= 0.6 is 0 Å². The summed E-state index contributed by atoms with van der Waals surface area (Å²) in [6.45, 7) is 5.71. The van der Waals surface area contributed by atoms with Crippen molar-refractivity contribution in [2.24, 2.45) is 0 Å². The van der Waals surface area contributed by atoms with E-state index in [2.05, 4.69) is 4.18 Å². The van der Waals surface area contributed by atoms with Gasteiger partial charge in [-0.2, -0.15) is 4.21 Å². The molecule has 1 aromatic carbocycles. The van der Waals surface area contributed by atoms with E-state index in [4.69, 9.17) is 15.0 Å². The number of rotatable bonds is 3. The van der Waals surface area contributed by atoms with Gasteiger partial charge in [-0.05, 0) is 32.9 Å². The molecule has 1 unspecified atom stereocenters. The Hall–Kier alpha value is -1.27. The molecule has 0 bridgehead atoms. The Morgan fingerprint density at radius 2 is 2.00 bits per heavy atom. The zero-order valence-electron chi connectivity index (χ0n) is 9.39. The molecule has 0 heterocycles. The van der Waals surface area contributed by atoms with Gasteiger partial charge in [0.15, 0.2) is 0 Å². The highest BCUT2D eigenvalue weighted by molar-refractivity contribution is 7.74. The van der Waals surface area contributed by atoms with Crippen LogP contribution in [0.25, 0.3) is 0 Å². The number of ether oxygens (including phenoxy) is 1. The molecule has 1 rings (SSSR count). The standard InChI is InChI=1S/C10H15NO4S/c1-10(2,3)14-9-5-4-7(6-8(9)11)15-16(12)13/h4-6H,11H2,1-3H3,(H,12,13). The van der Waals surface area contributed by atoms with Gasteiger partial charge in [0, 0.05) is 6.07 Å². The summed E-state index contributed by atoms with van der Waals surface area (Å²) >= 11 is -2.35. The molecular formula is C10H15NO4S. The van der Waals surface area contributed by atoms with Crippen LogP contribution in [0.15, 0.2) is 18.2 Å². The zero-order valence-corrected chi connectivity index (χ0v) is 10.2. The van der Waals surface area contributed by atoms with Crippen molar-refractivity contribution >= 4 is 17.0 Å². The van der Waals surface area contributed by atoms with Gasteiger partial charge >= 0.3 is 11.4 Å². The van der Waals surface area contributed by atoms with E-state index < -0.39 is 11.4 Å². The Bertz CT molecular complexity index is 400. The number of hydrogen-bond donors (Lipinski definition) is 2. The molecule has 0 spiro atoms. The van der Waals surface area contributed by atoms with E-state index in [1.165, 1.54) is 12.1 Å². The Kier molecular flexibility index (Phi) is 3.77. The molecule has 90 valence electrons. The first-order valence-electron chi connectivity index (χ1n) is 4.65. The predicted octanol–water partition coefficient (Wildman–Crippen LogP) is 1.96. The molecule has 0 saturated carbocycles. The molecule has 0 aliphatic carbocycles. The number of anilines is 1. The van der Waals surface area contributed by atoms with Crippen molar-refractivity contribution in [3.05, 3.63) is 18.2 Å². The lowest BCUT2D eigenvalue weighted by molar-refractivity contribution is 0.132. The maximum atomic E-state index is 10.4. The van der Waals surface area contributed by atoms with Crippen LogP contribution in [-0.2, 0) is 11.4 Å². The normalized spacial score (nSPS) is 13.2. The summed E-state index contributed by atoms with van der Waals surface area (Å²) in [5, 5.41) is 0. The molecule has 0 aliphatic heterocycles. The molecule has 6 heteroatoms. The van der Waals surface area contributed by atoms with E-state index in [0.29, 0.717) is 11.4 Å².